The number of hydrogen-bond donors (Lipinski definition) is 1. The van der Waals surface area contributed by atoms with Crippen molar-refractivity contribution in [2.24, 2.45) is 10.7 Å². The minimum Gasteiger partial charge on any atom is -0.364 e. The summed E-state index contributed by atoms with van der Waals surface area (Å²) in [6.45, 7) is 8.03. The van der Waals surface area contributed by atoms with Gasteiger partial charge in [-0.05, 0) is 19.2 Å². The van der Waals surface area contributed by atoms with E-state index in [1.807, 2.05) is 0 Å². The third-order valence-electron chi connectivity index (χ3n) is 1.72. The lowest BCUT2D eigenvalue weighted by Crippen LogP contribution is -2.35. The zero-order valence-corrected chi connectivity index (χ0v) is 7.89. The first-order chi connectivity index (χ1) is 6.35. The van der Waals surface area contributed by atoms with E-state index in [1.165, 1.54) is 13.0 Å². The van der Waals surface area contributed by atoms with Crippen LogP contribution in [0.2, 0.25) is 0 Å². The summed E-state index contributed by atoms with van der Waals surface area (Å²) in [5.41, 5.74) is 4.99. The summed E-state index contributed by atoms with van der Waals surface area (Å²) in [4.78, 5) is 13.8. The second-order valence-electron chi connectivity index (χ2n) is 2.72. The maximum Gasteiger partial charge on any atom is 0.328 e. The van der Waals surface area contributed by atoms with Crippen LogP contribution in [-0.2, 0) is 4.79 Å². The number of aliphatic imine (C=N–C) groups is 1. The SMILES string of the molecule is C.C=C/C(CC(F)(F)C(N)=O)=C(/C)N=C. The molecule has 0 rings (SSSR count). The van der Waals surface area contributed by atoms with Crippen molar-refractivity contribution >= 4 is 12.6 Å². The molecule has 0 spiro atoms. The molecule has 86 valence electrons. The molecule has 0 atom stereocenters. The molecule has 0 radical (unpaired) electrons. The highest BCUT2D eigenvalue weighted by Gasteiger charge is 2.37. The van der Waals surface area contributed by atoms with Crippen molar-refractivity contribution in [3.8, 4) is 0 Å². The number of primary amides is 1. The van der Waals surface area contributed by atoms with Crippen molar-refractivity contribution in [1.82, 2.24) is 0 Å². The normalized spacial score (nSPS) is 12.2. The van der Waals surface area contributed by atoms with Crippen molar-refractivity contribution in [3.05, 3.63) is 23.9 Å². The van der Waals surface area contributed by atoms with Gasteiger partial charge in [0, 0.05) is 12.1 Å². The van der Waals surface area contributed by atoms with Crippen molar-refractivity contribution < 1.29 is 13.6 Å². The van der Waals surface area contributed by atoms with E-state index in [0.29, 0.717) is 5.70 Å². The fourth-order valence-electron chi connectivity index (χ4n) is 0.776. The number of carbonyl (C=O) groups excluding carboxylic acids is 1. The third kappa shape index (κ3) is 4.49. The van der Waals surface area contributed by atoms with Gasteiger partial charge in [0.1, 0.15) is 0 Å². The standard InChI is InChI=1S/C9H12F2N2O.CH4/c1-4-7(6(2)13-3)5-9(10,11)8(12)14;/h4H,1,3,5H2,2H3,(H2,12,14);1H4/b7-6+;. The van der Waals surface area contributed by atoms with Crippen LogP contribution >= 0.6 is 0 Å². The van der Waals surface area contributed by atoms with Crippen molar-refractivity contribution in [3.63, 3.8) is 0 Å². The van der Waals surface area contributed by atoms with Gasteiger partial charge < -0.3 is 5.73 Å². The van der Waals surface area contributed by atoms with Gasteiger partial charge in [-0.2, -0.15) is 8.78 Å². The molecule has 0 heterocycles. The highest BCUT2D eigenvalue weighted by Crippen LogP contribution is 2.25. The quantitative estimate of drug-likeness (QED) is 0.558. The van der Waals surface area contributed by atoms with Crippen LogP contribution in [0.4, 0.5) is 8.78 Å². The zero-order chi connectivity index (χ0) is 11.4. The minimum atomic E-state index is -3.57. The van der Waals surface area contributed by atoms with Crippen LogP contribution in [0.5, 0.6) is 0 Å². The summed E-state index contributed by atoms with van der Waals surface area (Å²) in [5, 5.41) is 0. The summed E-state index contributed by atoms with van der Waals surface area (Å²) in [6, 6.07) is 0. The van der Waals surface area contributed by atoms with Gasteiger partial charge in [-0.15, -0.1) is 0 Å². The minimum absolute atomic E-state index is 0. The predicted molar refractivity (Wildman–Crippen MR) is 57.9 cm³/mol. The first-order valence-corrected chi connectivity index (χ1v) is 3.81. The first kappa shape index (κ1) is 15.9. The molecule has 3 nitrogen and oxygen atoms in total. The summed E-state index contributed by atoms with van der Waals surface area (Å²) in [5.74, 6) is -5.23. The second-order valence-corrected chi connectivity index (χ2v) is 2.72. The lowest BCUT2D eigenvalue weighted by Gasteiger charge is -2.13. The monoisotopic (exact) mass is 218 g/mol. The number of nitrogens with zero attached hydrogens (tertiary/aromatic N) is 1. The third-order valence-corrected chi connectivity index (χ3v) is 1.72. The van der Waals surface area contributed by atoms with E-state index in [9.17, 15) is 13.6 Å². The smallest absolute Gasteiger partial charge is 0.328 e. The molecule has 1 amide bonds. The van der Waals surface area contributed by atoms with Gasteiger partial charge in [-0.3, -0.25) is 9.79 Å². The molecule has 2 N–H and O–H groups in total. The van der Waals surface area contributed by atoms with Crippen LogP contribution in [0.3, 0.4) is 0 Å². The number of carbonyl (C=O) groups is 1. The Hall–Kier alpha value is -1.52. The molecule has 0 bridgehead atoms. The van der Waals surface area contributed by atoms with E-state index in [0.717, 1.165) is 0 Å². The molecular weight excluding hydrogens is 202 g/mol. The van der Waals surface area contributed by atoms with Crippen molar-refractivity contribution in [2.45, 2.75) is 26.7 Å². The Morgan fingerprint density at radius 1 is 1.60 bits per heavy atom. The zero-order valence-electron chi connectivity index (χ0n) is 7.89. The summed E-state index contributed by atoms with van der Waals surface area (Å²) in [7, 11) is 0. The molecule has 0 aromatic carbocycles. The number of allylic oxidation sites excluding steroid dienone is 3. The van der Waals surface area contributed by atoms with E-state index >= 15 is 0 Å². The fourth-order valence-corrected chi connectivity index (χ4v) is 0.776. The maximum atomic E-state index is 12.9. The van der Waals surface area contributed by atoms with Crippen LogP contribution in [0, 0.1) is 0 Å². The van der Waals surface area contributed by atoms with Gasteiger partial charge in [0.15, 0.2) is 0 Å². The number of rotatable bonds is 5. The van der Waals surface area contributed by atoms with Crippen LogP contribution in [-0.4, -0.2) is 18.5 Å². The van der Waals surface area contributed by atoms with E-state index in [4.69, 9.17) is 0 Å². The predicted octanol–water partition coefficient (Wildman–Crippen LogP) is 2.29. The highest BCUT2D eigenvalue weighted by atomic mass is 19.3. The fraction of sp³-hybridized carbons (Fsp3) is 0.400. The van der Waals surface area contributed by atoms with Gasteiger partial charge in [0.2, 0.25) is 0 Å². The molecule has 0 aliphatic carbocycles. The topological polar surface area (TPSA) is 55.5 Å². The van der Waals surface area contributed by atoms with Crippen LogP contribution in [0.1, 0.15) is 20.8 Å². The lowest BCUT2D eigenvalue weighted by atomic mass is 10.1. The molecule has 15 heavy (non-hydrogen) atoms. The second kappa shape index (κ2) is 6.06. The molecule has 0 saturated heterocycles. The van der Waals surface area contributed by atoms with Gasteiger partial charge >= 0.3 is 5.92 Å². The Bertz CT molecular complexity index is 296. The number of alkyl halides is 2. The Labute approximate surface area is 88.4 Å². The largest absolute Gasteiger partial charge is 0.364 e. The van der Waals surface area contributed by atoms with E-state index in [-0.39, 0.29) is 13.0 Å². The average Bonchev–Trinajstić information content (AvgIpc) is 2.12. The number of hydrogen-bond acceptors (Lipinski definition) is 2. The van der Waals surface area contributed by atoms with Crippen LogP contribution in [0.15, 0.2) is 28.9 Å². The molecule has 5 heteroatoms. The Balaban J connectivity index is 0. The van der Waals surface area contributed by atoms with Gasteiger partial charge in [-0.1, -0.05) is 20.1 Å². The van der Waals surface area contributed by atoms with E-state index in [1.54, 1.807) is 0 Å². The summed E-state index contributed by atoms with van der Waals surface area (Å²) in [6.07, 6.45) is 0.414. The van der Waals surface area contributed by atoms with Crippen LogP contribution < -0.4 is 5.73 Å². The molecule has 0 aromatic heterocycles. The highest BCUT2D eigenvalue weighted by molar-refractivity contribution is 5.82. The number of halogens is 2. The number of amides is 1. The molecule has 0 aromatic rings. The summed E-state index contributed by atoms with van der Waals surface area (Å²) >= 11 is 0. The van der Waals surface area contributed by atoms with Gasteiger partial charge in [0.05, 0.1) is 0 Å². The Morgan fingerprint density at radius 2 is 2.07 bits per heavy atom. The molecule has 0 unspecified atom stereocenters. The molecular formula is C10H16F2N2O. The van der Waals surface area contributed by atoms with E-state index in [2.05, 4.69) is 24.0 Å². The first-order valence-electron chi connectivity index (χ1n) is 3.81. The number of nitrogens with two attached hydrogens (primary N) is 1. The van der Waals surface area contributed by atoms with Gasteiger partial charge in [0.25, 0.3) is 5.91 Å². The van der Waals surface area contributed by atoms with E-state index < -0.39 is 18.3 Å². The van der Waals surface area contributed by atoms with Crippen molar-refractivity contribution in [2.75, 3.05) is 0 Å². The lowest BCUT2D eigenvalue weighted by molar-refractivity contribution is -0.141. The molecule has 0 saturated carbocycles. The molecule has 0 aliphatic rings. The maximum absolute atomic E-state index is 12.9. The summed E-state index contributed by atoms with van der Waals surface area (Å²) < 4.78 is 25.7. The Kier molecular flexibility index (Phi) is 6.43. The molecule has 0 aliphatic heterocycles. The average molecular weight is 218 g/mol. The molecule has 0 fully saturated rings. The van der Waals surface area contributed by atoms with Crippen molar-refractivity contribution in [1.29, 1.82) is 0 Å². The van der Waals surface area contributed by atoms with Gasteiger partial charge in [-0.25, -0.2) is 0 Å². The Morgan fingerprint density at radius 3 is 2.33 bits per heavy atom. The van der Waals surface area contributed by atoms with Crippen LogP contribution in [0.25, 0.3) is 0 Å².